The summed E-state index contributed by atoms with van der Waals surface area (Å²) in [6, 6.07) is 3.21. The third kappa shape index (κ3) is 8.71. The van der Waals surface area contributed by atoms with E-state index in [9.17, 15) is 19.5 Å². The first-order valence-corrected chi connectivity index (χ1v) is 14.1. The lowest BCUT2D eigenvalue weighted by Gasteiger charge is -2.35. The van der Waals surface area contributed by atoms with E-state index in [-0.39, 0.29) is 25.7 Å². The zero-order valence-corrected chi connectivity index (χ0v) is 23.2. The van der Waals surface area contributed by atoms with Crippen molar-refractivity contribution in [3.63, 3.8) is 0 Å². The van der Waals surface area contributed by atoms with Gasteiger partial charge in [0.05, 0.1) is 12.6 Å². The van der Waals surface area contributed by atoms with Crippen molar-refractivity contribution < 1.29 is 33.7 Å². The molecule has 0 aromatic carbocycles. The van der Waals surface area contributed by atoms with Crippen molar-refractivity contribution in [3.05, 3.63) is 23.4 Å². The van der Waals surface area contributed by atoms with Crippen LogP contribution >= 0.6 is 0 Å². The molecule has 216 valence electrons. The van der Waals surface area contributed by atoms with Crippen LogP contribution in [0.5, 0.6) is 0 Å². The van der Waals surface area contributed by atoms with Crippen LogP contribution in [0.3, 0.4) is 0 Å². The van der Waals surface area contributed by atoms with Gasteiger partial charge in [-0.05, 0) is 76.8 Å². The molecule has 1 aromatic heterocycles. The number of nitrogens with one attached hydrogen (secondary N) is 2. The first kappa shape index (κ1) is 28.9. The molecule has 2 atom stereocenters. The van der Waals surface area contributed by atoms with Crippen LogP contribution in [0, 0.1) is 5.92 Å². The van der Waals surface area contributed by atoms with Crippen molar-refractivity contribution in [2.24, 2.45) is 5.92 Å². The molecule has 3 heterocycles. The number of aliphatic carboxylic acids is 1. The zero-order chi connectivity index (χ0) is 28.0. The molecule has 1 saturated heterocycles. The summed E-state index contributed by atoms with van der Waals surface area (Å²) < 4.78 is 16.6. The Balaban J connectivity index is 1.09. The van der Waals surface area contributed by atoms with E-state index in [0.29, 0.717) is 18.9 Å². The molecule has 2 amide bonds. The molecule has 0 unspecified atom stereocenters. The smallest absolute Gasteiger partial charge is 0.410 e. The minimum Gasteiger partial charge on any atom is -0.480 e. The number of alkyl carbamates (subject to hydrolysis) is 1. The predicted molar refractivity (Wildman–Crippen MR) is 144 cm³/mol. The summed E-state index contributed by atoms with van der Waals surface area (Å²) in [4.78, 5) is 42.4. The second-order valence-corrected chi connectivity index (χ2v) is 11.8. The maximum absolute atomic E-state index is 12.3. The number of anilines is 1. The van der Waals surface area contributed by atoms with E-state index in [1.165, 1.54) is 10.5 Å². The topological polar surface area (TPSA) is 139 Å². The second kappa shape index (κ2) is 12.8. The number of rotatable bonds is 10. The van der Waals surface area contributed by atoms with Gasteiger partial charge >= 0.3 is 18.2 Å². The number of hydrogen-bond acceptors (Lipinski definition) is 8. The van der Waals surface area contributed by atoms with Gasteiger partial charge in [-0.25, -0.2) is 19.4 Å². The quantitative estimate of drug-likeness (QED) is 0.400. The molecule has 1 saturated carbocycles. The fourth-order valence-electron chi connectivity index (χ4n) is 5.16. The monoisotopic (exact) mass is 546 g/mol. The molecule has 39 heavy (non-hydrogen) atoms. The summed E-state index contributed by atoms with van der Waals surface area (Å²) in [6.45, 7) is 7.20. The second-order valence-electron chi connectivity index (χ2n) is 11.8. The number of aryl methyl sites for hydroxylation is 2. The summed E-state index contributed by atoms with van der Waals surface area (Å²) in [5, 5.41) is 15.3. The van der Waals surface area contributed by atoms with Crippen LogP contribution in [-0.2, 0) is 31.8 Å². The largest absolute Gasteiger partial charge is 0.480 e. The molecule has 3 aliphatic rings. The normalized spacial score (nSPS) is 23.2. The lowest BCUT2D eigenvalue weighted by Crippen LogP contribution is -2.44. The number of aromatic nitrogens is 1. The third-order valence-electron chi connectivity index (χ3n) is 7.37. The molecule has 4 rings (SSSR count). The van der Waals surface area contributed by atoms with E-state index in [1.807, 2.05) is 0 Å². The number of fused-ring (bicyclic) bond motifs is 1. The van der Waals surface area contributed by atoms with Gasteiger partial charge in [-0.3, -0.25) is 0 Å². The van der Waals surface area contributed by atoms with Gasteiger partial charge in [0.25, 0.3) is 0 Å². The Morgan fingerprint density at radius 3 is 2.77 bits per heavy atom. The van der Waals surface area contributed by atoms with Gasteiger partial charge in [-0.2, -0.15) is 0 Å². The van der Waals surface area contributed by atoms with E-state index in [0.717, 1.165) is 56.6 Å². The standard InChI is InChI=1S/C28H42N4O7/c1-28(2,3)39-27(36)32-13-10-21(17-32)38-26(35)31-23(25(33)34)11-14-37-22-15-18(16-22)6-8-20-9-7-19-5-4-12-29-24(19)30-20/h7,9,18,21-23H,4-6,8,10-17H2,1-3H3,(H,29,30)(H,31,35)(H,33,34)/t18-,21-,22-,23+/m1/s1. The lowest BCUT2D eigenvalue weighted by atomic mass is 9.79. The Morgan fingerprint density at radius 2 is 2.03 bits per heavy atom. The summed E-state index contributed by atoms with van der Waals surface area (Å²) in [5.41, 5.74) is 1.81. The average Bonchev–Trinajstić information content (AvgIpc) is 3.31. The first-order chi connectivity index (χ1) is 18.6. The Hall–Kier alpha value is -3.08. The number of likely N-dealkylation sites (tertiary alicyclic amines) is 1. The Morgan fingerprint density at radius 1 is 1.23 bits per heavy atom. The van der Waals surface area contributed by atoms with Crippen molar-refractivity contribution in [1.29, 1.82) is 0 Å². The van der Waals surface area contributed by atoms with Gasteiger partial charge < -0.3 is 34.9 Å². The summed E-state index contributed by atoms with van der Waals surface area (Å²) in [7, 11) is 0. The van der Waals surface area contributed by atoms with E-state index in [4.69, 9.17) is 19.2 Å². The Labute approximate surface area is 230 Å². The number of hydrogen-bond donors (Lipinski definition) is 3. The maximum atomic E-state index is 12.3. The highest BCUT2D eigenvalue weighted by molar-refractivity contribution is 5.80. The van der Waals surface area contributed by atoms with Crippen LogP contribution in [-0.4, -0.2) is 83.2 Å². The first-order valence-electron chi connectivity index (χ1n) is 14.1. The van der Waals surface area contributed by atoms with Crippen LogP contribution in [0.15, 0.2) is 12.1 Å². The number of carbonyl (C=O) groups is 3. The fraction of sp³-hybridized carbons (Fsp3) is 0.714. The van der Waals surface area contributed by atoms with Crippen LogP contribution < -0.4 is 10.6 Å². The van der Waals surface area contributed by atoms with Gasteiger partial charge in [-0.1, -0.05) is 6.07 Å². The van der Waals surface area contributed by atoms with Crippen molar-refractivity contribution in [2.45, 2.75) is 96.0 Å². The number of amides is 2. The molecule has 1 aromatic rings. The van der Waals surface area contributed by atoms with Crippen molar-refractivity contribution >= 4 is 24.0 Å². The van der Waals surface area contributed by atoms with Gasteiger partial charge in [0, 0.05) is 38.2 Å². The molecule has 11 heteroatoms. The molecule has 0 spiro atoms. The van der Waals surface area contributed by atoms with Gasteiger partial charge in [-0.15, -0.1) is 0 Å². The summed E-state index contributed by atoms with van der Waals surface area (Å²) in [5.74, 6) is 0.469. The molecule has 0 radical (unpaired) electrons. The minimum atomic E-state index is -1.14. The van der Waals surface area contributed by atoms with Gasteiger partial charge in [0.2, 0.25) is 0 Å². The van der Waals surface area contributed by atoms with E-state index >= 15 is 0 Å². The van der Waals surface area contributed by atoms with E-state index in [2.05, 4.69) is 22.8 Å². The van der Waals surface area contributed by atoms with Gasteiger partial charge in [0.15, 0.2) is 0 Å². The van der Waals surface area contributed by atoms with E-state index < -0.39 is 35.9 Å². The minimum absolute atomic E-state index is 0.117. The van der Waals surface area contributed by atoms with Crippen LogP contribution in [0.2, 0.25) is 0 Å². The van der Waals surface area contributed by atoms with Crippen molar-refractivity contribution in [1.82, 2.24) is 15.2 Å². The highest BCUT2D eigenvalue weighted by Gasteiger charge is 2.33. The number of carboxylic acid groups (broad SMARTS) is 1. The Bertz CT molecular complexity index is 1020. The van der Waals surface area contributed by atoms with Crippen LogP contribution in [0.1, 0.15) is 70.6 Å². The van der Waals surface area contributed by atoms with Crippen molar-refractivity contribution in [2.75, 3.05) is 31.6 Å². The maximum Gasteiger partial charge on any atom is 0.410 e. The van der Waals surface area contributed by atoms with Crippen LogP contribution in [0.4, 0.5) is 15.4 Å². The molecule has 0 bridgehead atoms. The Kier molecular flexibility index (Phi) is 9.53. The third-order valence-corrected chi connectivity index (χ3v) is 7.37. The summed E-state index contributed by atoms with van der Waals surface area (Å²) >= 11 is 0. The molecule has 11 nitrogen and oxygen atoms in total. The van der Waals surface area contributed by atoms with Crippen LogP contribution in [0.25, 0.3) is 0 Å². The highest BCUT2D eigenvalue weighted by Crippen LogP contribution is 2.34. The number of carboxylic acids is 1. The van der Waals surface area contributed by atoms with E-state index in [1.54, 1.807) is 20.8 Å². The number of nitrogens with zero attached hydrogens (tertiary/aromatic N) is 2. The molecule has 1 aliphatic carbocycles. The zero-order valence-electron chi connectivity index (χ0n) is 23.2. The number of ether oxygens (including phenoxy) is 3. The van der Waals surface area contributed by atoms with Crippen molar-refractivity contribution in [3.8, 4) is 0 Å². The number of carbonyl (C=O) groups excluding carboxylic acids is 2. The summed E-state index contributed by atoms with van der Waals surface area (Å²) in [6.07, 6.45) is 5.09. The molecular formula is C28H42N4O7. The molecular weight excluding hydrogens is 504 g/mol. The van der Waals surface area contributed by atoms with Gasteiger partial charge in [0.1, 0.15) is 23.6 Å². The average molecular weight is 547 g/mol. The number of pyridine rings is 1. The predicted octanol–water partition coefficient (Wildman–Crippen LogP) is 3.75. The molecule has 2 aliphatic heterocycles. The highest BCUT2D eigenvalue weighted by atomic mass is 16.6. The molecule has 3 N–H and O–H groups in total. The lowest BCUT2D eigenvalue weighted by molar-refractivity contribution is -0.140. The fourth-order valence-corrected chi connectivity index (χ4v) is 5.16. The molecule has 2 fully saturated rings. The SMILES string of the molecule is CC(C)(C)OC(=O)N1CC[C@@H](OC(=O)N[C@@H](CCO[C@H]2C[C@H](CCc3ccc4c(n3)NCCC4)C2)C(=O)O)C1.